The molecule has 3 heterocycles. The van der Waals surface area contributed by atoms with E-state index in [9.17, 15) is 14.0 Å². The van der Waals surface area contributed by atoms with E-state index >= 15 is 0 Å². The molecule has 0 aliphatic carbocycles. The van der Waals surface area contributed by atoms with Crippen molar-refractivity contribution in [3.05, 3.63) is 70.5 Å². The second kappa shape index (κ2) is 8.34. The molecule has 5 heteroatoms. The van der Waals surface area contributed by atoms with Gasteiger partial charge in [-0.05, 0) is 86.3 Å². The van der Waals surface area contributed by atoms with Crippen molar-refractivity contribution in [2.75, 3.05) is 13.1 Å². The van der Waals surface area contributed by atoms with Gasteiger partial charge in [-0.15, -0.1) is 0 Å². The van der Waals surface area contributed by atoms with Crippen LogP contribution in [0, 0.1) is 31.5 Å². The maximum Gasteiger partial charge on any atom is 0.254 e. The molecule has 2 amide bonds. The molecule has 2 aromatic carbocycles. The molecule has 3 aliphatic heterocycles. The highest BCUT2D eigenvalue weighted by Crippen LogP contribution is 2.43. The Hall–Kier alpha value is -2.69. The van der Waals surface area contributed by atoms with Gasteiger partial charge in [0.15, 0.2) is 0 Å². The summed E-state index contributed by atoms with van der Waals surface area (Å²) in [5.41, 5.74) is 3.87. The van der Waals surface area contributed by atoms with Crippen LogP contribution in [0.4, 0.5) is 4.39 Å². The summed E-state index contributed by atoms with van der Waals surface area (Å²) in [4.78, 5) is 30.7. The second-order valence-electron chi connectivity index (χ2n) is 9.88. The van der Waals surface area contributed by atoms with E-state index in [1.165, 1.54) is 6.07 Å². The third kappa shape index (κ3) is 3.72. The van der Waals surface area contributed by atoms with Crippen LogP contribution in [0.1, 0.15) is 52.7 Å². The first-order valence-electron chi connectivity index (χ1n) is 11.8. The SMILES string of the molecule is Cc1cccc(C(=O)N2C[C@H]3C[C@@H](C2)[C@H](Cc2cccc(F)c2)N2C(=O)CCC[C@@H]32)c1C. The number of carbonyl (C=O) groups is 2. The molecule has 0 spiro atoms. The fourth-order valence-corrected chi connectivity index (χ4v) is 6.26. The molecule has 3 saturated heterocycles. The molecule has 2 aromatic rings. The van der Waals surface area contributed by atoms with E-state index in [-0.39, 0.29) is 35.6 Å². The Balaban J connectivity index is 1.46. The van der Waals surface area contributed by atoms with Gasteiger partial charge in [0.1, 0.15) is 5.82 Å². The van der Waals surface area contributed by atoms with E-state index < -0.39 is 0 Å². The molecule has 168 valence electrons. The smallest absolute Gasteiger partial charge is 0.254 e. The molecule has 3 fully saturated rings. The first-order chi connectivity index (χ1) is 15.4. The summed E-state index contributed by atoms with van der Waals surface area (Å²) < 4.78 is 13.9. The first kappa shape index (κ1) is 21.2. The van der Waals surface area contributed by atoms with Gasteiger partial charge >= 0.3 is 0 Å². The lowest BCUT2D eigenvalue weighted by atomic mass is 9.70. The lowest BCUT2D eigenvalue weighted by Gasteiger charge is -2.56. The van der Waals surface area contributed by atoms with E-state index in [2.05, 4.69) is 4.90 Å². The van der Waals surface area contributed by atoms with Gasteiger partial charge in [-0.3, -0.25) is 9.59 Å². The molecule has 32 heavy (non-hydrogen) atoms. The predicted molar refractivity (Wildman–Crippen MR) is 122 cm³/mol. The zero-order valence-electron chi connectivity index (χ0n) is 18.9. The molecule has 0 N–H and O–H groups in total. The standard InChI is InChI=1S/C27H31FN2O2/c1-17-6-3-9-23(18(17)2)27(32)29-15-20-14-21(16-29)25(13-19-7-4-8-22(28)12-19)30-24(20)10-5-11-26(30)31/h3-4,6-9,12,20-21,24-25H,5,10-11,13-16H2,1-2H3/t20-,21+,24+,25+/m1/s1. The number of piperidine rings is 3. The van der Waals surface area contributed by atoms with E-state index in [1.54, 1.807) is 12.1 Å². The fraction of sp³-hybridized carbons (Fsp3) is 0.481. The Labute approximate surface area is 189 Å². The predicted octanol–water partition coefficient (Wildman–Crippen LogP) is 4.53. The normalized spacial score (nSPS) is 27.3. The highest BCUT2D eigenvalue weighted by atomic mass is 19.1. The van der Waals surface area contributed by atoms with Crippen LogP contribution in [0.5, 0.6) is 0 Å². The van der Waals surface area contributed by atoms with Crippen LogP contribution >= 0.6 is 0 Å². The van der Waals surface area contributed by atoms with Crippen molar-refractivity contribution in [1.29, 1.82) is 0 Å². The van der Waals surface area contributed by atoms with E-state index in [0.29, 0.717) is 31.8 Å². The van der Waals surface area contributed by atoms with Gasteiger partial charge in [0.25, 0.3) is 5.91 Å². The summed E-state index contributed by atoms with van der Waals surface area (Å²) >= 11 is 0. The van der Waals surface area contributed by atoms with Crippen LogP contribution in [0.3, 0.4) is 0 Å². The molecule has 5 rings (SSSR count). The van der Waals surface area contributed by atoms with Gasteiger partial charge in [-0.25, -0.2) is 4.39 Å². The number of hydrogen-bond donors (Lipinski definition) is 0. The zero-order valence-corrected chi connectivity index (χ0v) is 18.9. The number of likely N-dealkylation sites (tertiary alicyclic amines) is 1. The summed E-state index contributed by atoms with van der Waals surface area (Å²) in [6, 6.07) is 12.8. The highest BCUT2D eigenvalue weighted by molar-refractivity contribution is 5.96. The van der Waals surface area contributed by atoms with Crippen molar-refractivity contribution in [2.45, 2.75) is 58.0 Å². The average molecular weight is 435 g/mol. The number of rotatable bonds is 3. The number of halogens is 1. The highest BCUT2D eigenvalue weighted by Gasteiger charge is 2.50. The summed E-state index contributed by atoms with van der Waals surface area (Å²) in [6.07, 6.45) is 4.18. The number of benzene rings is 2. The Bertz CT molecular complexity index is 1050. The van der Waals surface area contributed by atoms with Gasteiger partial charge in [-0.2, -0.15) is 0 Å². The molecule has 3 aliphatic rings. The van der Waals surface area contributed by atoms with Crippen LogP contribution in [-0.4, -0.2) is 46.8 Å². The summed E-state index contributed by atoms with van der Waals surface area (Å²) in [5, 5.41) is 0. The van der Waals surface area contributed by atoms with Crippen molar-refractivity contribution in [1.82, 2.24) is 9.80 Å². The molecule has 0 radical (unpaired) electrons. The molecule has 4 atom stereocenters. The van der Waals surface area contributed by atoms with Gasteiger partial charge in [0.2, 0.25) is 5.91 Å². The second-order valence-corrected chi connectivity index (χ2v) is 9.88. The van der Waals surface area contributed by atoms with Crippen molar-refractivity contribution in [3.8, 4) is 0 Å². The van der Waals surface area contributed by atoms with Crippen LogP contribution in [0.15, 0.2) is 42.5 Å². The largest absolute Gasteiger partial charge is 0.338 e. The third-order valence-electron chi connectivity index (χ3n) is 7.95. The maximum absolute atomic E-state index is 13.9. The summed E-state index contributed by atoms with van der Waals surface area (Å²) in [7, 11) is 0. The minimum Gasteiger partial charge on any atom is -0.338 e. The lowest BCUT2D eigenvalue weighted by molar-refractivity contribution is -0.151. The van der Waals surface area contributed by atoms with Crippen molar-refractivity contribution >= 4 is 11.8 Å². The zero-order chi connectivity index (χ0) is 22.4. The van der Waals surface area contributed by atoms with Crippen molar-refractivity contribution < 1.29 is 14.0 Å². The molecular weight excluding hydrogens is 403 g/mol. The van der Waals surface area contributed by atoms with Crippen LogP contribution in [-0.2, 0) is 11.2 Å². The van der Waals surface area contributed by atoms with Gasteiger partial charge in [0.05, 0.1) is 0 Å². The Morgan fingerprint density at radius 1 is 1.09 bits per heavy atom. The number of aryl methyl sites for hydroxylation is 1. The topological polar surface area (TPSA) is 40.6 Å². The van der Waals surface area contributed by atoms with Crippen LogP contribution < -0.4 is 0 Å². The molecule has 0 saturated carbocycles. The lowest BCUT2D eigenvalue weighted by Crippen LogP contribution is -2.66. The number of hydrogen-bond acceptors (Lipinski definition) is 2. The quantitative estimate of drug-likeness (QED) is 0.712. The van der Waals surface area contributed by atoms with E-state index in [0.717, 1.165) is 41.5 Å². The Morgan fingerprint density at radius 3 is 2.69 bits per heavy atom. The summed E-state index contributed by atoms with van der Waals surface area (Å²) in [5.74, 6) is 0.612. The van der Waals surface area contributed by atoms with Crippen molar-refractivity contribution in [3.63, 3.8) is 0 Å². The fourth-order valence-electron chi connectivity index (χ4n) is 6.26. The molecule has 0 unspecified atom stereocenters. The minimum atomic E-state index is -0.243. The minimum absolute atomic E-state index is 0.0139. The third-order valence-corrected chi connectivity index (χ3v) is 7.95. The van der Waals surface area contributed by atoms with Crippen LogP contribution in [0.2, 0.25) is 0 Å². The maximum atomic E-state index is 13.9. The van der Waals surface area contributed by atoms with Gasteiger partial charge in [0, 0.05) is 37.2 Å². The number of amides is 2. The van der Waals surface area contributed by atoms with Gasteiger partial charge in [-0.1, -0.05) is 24.3 Å². The van der Waals surface area contributed by atoms with E-state index in [1.807, 2.05) is 43.0 Å². The molecule has 2 bridgehead atoms. The van der Waals surface area contributed by atoms with Gasteiger partial charge < -0.3 is 9.80 Å². The van der Waals surface area contributed by atoms with E-state index in [4.69, 9.17) is 0 Å². The molecular formula is C27H31FN2O2. The van der Waals surface area contributed by atoms with Crippen molar-refractivity contribution in [2.24, 2.45) is 11.8 Å². The Kier molecular flexibility index (Phi) is 5.52. The van der Waals surface area contributed by atoms with Crippen LogP contribution in [0.25, 0.3) is 0 Å². The number of carbonyl (C=O) groups excluding carboxylic acids is 2. The number of fused-ring (bicyclic) bond motifs is 4. The monoisotopic (exact) mass is 434 g/mol. The Morgan fingerprint density at radius 2 is 1.88 bits per heavy atom. The summed E-state index contributed by atoms with van der Waals surface area (Å²) in [6.45, 7) is 5.42. The number of nitrogens with zero attached hydrogens (tertiary/aromatic N) is 2. The average Bonchev–Trinajstić information content (AvgIpc) is 2.78. The molecule has 4 nitrogen and oxygen atoms in total. The molecule has 0 aromatic heterocycles. The first-order valence-corrected chi connectivity index (χ1v) is 11.8.